The fourth-order valence-electron chi connectivity index (χ4n) is 3.63. The van der Waals surface area contributed by atoms with Gasteiger partial charge in [0.2, 0.25) is 0 Å². The molecule has 30 heavy (non-hydrogen) atoms. The Hall–Kier alpha value is -3.60. The van der Waals surface area contributed by atoms with Crippen LogP contribution < -0.4 is 10.6 Å². The Bertz CT molecular complexity index is 1010. The van der Waals surface area contributed by atoms with Crippen LogP contribution in [-0.4, -0.2) is 35.5 Å². The first-order valence-corrected chi connectivity index (χ1v) is 10.3. The van der Waals surface area contributed by atoms with Crippen LogP contribution in [0, 0.1) is 0 Å². The molecule has 152 valence electrons. The molecule has 0 spiro atoms. The maximum Gasteiger partial charge on any atom is 0.191 e. The van der Waals surface area contributed by atoms with Gasteiger partial charge in [-0.3, -0.25) is 4.99 Å². The van der Waals surface area contributed by atoms with Gasteiger partial charge >= 0.3 is 0 Å². The minimum absolute atomic E-state index is 0.254. The van der Waals surface area contributed by atoms with Crippen LogP contribution in [0.2, 0.25) is 0 Å². The highest BCUT2D eigenvalue weighted by Crippen LogP contribution is 2.23. The number of nitrogens with one attached hydrogen (secondary N) is 2. The van der Waals surface area contributed by atoms with Crippen LogP contribution >= 0.6 is 0 Å². The zero-order chi connectivity index (χ0) is 20.6. The Morgan fingerprint density at radius 2 is 1.57 bits per heavy atom. The van der Waals surface area contributed by atoms with Gasteiger partial charge in [-0.15, -0.1) is 0 Å². The number of rotatable bonds is 7. The molecule has 2 aromatic carbocycles. The van der Waals surface area contributed by atoms with Crippen LogP contribution in [0.5, 0.6) is 0 Å². The zero-order valence-electron chi connectivity index (χ0n) is 17.2. The van der Waals surface area contributed by atoms with E-state index in [4.69, 9.17) is 0 Å². The number of fused-ring (bicyclic) bond motifs is 1. The Morgan fingerprint density at radius 3 is 2.20 bits per heavy atom. The lowest BCUT2D eigenvalue weighted by atomic mass is 9.91. The van der Waals surface area contributed by atoms with Gasteiger partial charge in [-0.25, -0.2) is 4.98 Å². The summed E-state index contributed by atoms with van der Waals surface area (Å²) in [6.45, 7) is 1.53. The van der Waals surface area contributed by atoms with E-state index in [9.17, 15) is 0 Å². The van der Waals surface area contributed by atoms with Crippen molar-refractivity contribution < 1.29 is 0 Å². The summed E-state index contributed by atoms with van der Waals surface area (Å²) in [5.74, 6) is 1.06. The van der Waals surface area contributed by atoms with E-state index >= 15 is 0 Å². The Morgan fingerprint density at radius 1 is 0.900 bits per heavy atom. The lowest BCUT2D eigenvalue weighted by Crippen LogP contribution is -2.40. The average molecular weight is 398 g/mol. The normalized spacial score (nSPS) is 11.7. The Kier molecular flexibility index (Phi) is 6.40. The van der Waals surface area contributed by atoms with Crippen LogP contribution in [0.1, 0.15) is 22.7 Å². The predicted molar refractivity (Wildman–Crippen MR) is 123 cm³/mol. The largest absolute Gasteiger partial charge is 0.356 e. The molecule has 4 rings (SSSR count). The van der Waals surface area contributed by atoms with E-state index in [1.54, 1.807) is 7.05 Å². The van der Waals surface area contributed by atoms with Crippen molar-refractivity contribution in [3.63, 3.8) is 0 Å². The molecule has 5 heteroatoms. The summed E-state index contributed by atoms with van der Waals surface area (Å²) in [6, 6.07) is 27.2. The van der Waals surface area contributed by atoms with Gasteiger partial charge < -0.3 is 15.0 Å². The Labute approximate surface area is 177 Å². The summed E-state index contributed by atoms with van der Waals surface area (Å²) < 4.78 is 2.05. The fraction of sp³-hybridized carbons (Fsp3) is 0.200. The number of aliphatic imine (C=N–C) groups is 1. The number of hydrogen-bond acceptors (Lipinski definition) is 2. The molecule has 4 aromatic rings. The minimum atomic E-state index is 0.254. The summed E-state index contributed by atoms with van der Waals surface area (Å²) in [5, 5.41) is 6.90. The van der Waals surface area contributed by atoms with E-state index in [0.717, 1.165) is 36.8 Å². The van der Waals surface area contributed by atoms with Crippen molar-refractivity contribution in [2.45, 2.75) is 12.3 Å². The summed E-state index contributed by atoms with van der Waals surface area (Å²) in [5.41, 5.74) is 4.62. The lowest BCUT2D eigenvalue weighted by molar-refractivity contribution is 0.724. The van der Waals surface area contributed by atoms with Crippen LogP contribution in [0.3, 0.4) is 0 Å². The van der Waals surface area contributed by atoms with Crippen LogP contribution in [0.15, 0.2) is 96.2 Å². The number of nitrogens with zero attached hydrogens (tertiary/aromatic N) is 3. The number of hydrogen-bond donors (Lipinski definition) is 2. The molecule has 0 bridgehead atoms. The standard InChI is InChI=1S/C25H27N5/c1-26-25(27-16-15-22-19-30-17-9-8-14-24(30)29-22)28-18-23(20-10-4-2-5-11-20)21-12-6-3-7-13-21/h2-14,17,19,23H,15-16,18H2,1H3,(H2,26,27,28). The molecular weight excluding hydrogens is 370 g/mol. The lowest BCUT2D eigenvalue weighted by Gasteiger charge is -2.20. The topological polar surface area (TPSA) is 53.7 Å². The van der Waals surface area contributed by atoms with Gasteiger partial charge in [0.25, 0.3) is 0 Å². The highest BCUT2D eigenvalue weighted by Gasteiger charge is 2.14. The van der Waals surface area contributed by atoms with Crippen molar-refractivity contribution in [2.24, 2.45) is 4.99 Å². The Balaban J connectivity index is 1.36. The second-order valence-corrected chi connectivity index (χ2v) is 7.20. The number of pyridine rings is 1. The number of benzene rings is 2. The quantitative estimate of drug-likeness (QED) is 0.368. The molecule has 0 amide bonds. The maximum absolute atomic E-state index is 4.65. The third-order valence-corrected chi connectivity index (χ3v) is 5.19. The van der Waals surface area contributed by atoms with E-state index in [1.165, 1.54) is 11.1 Å². The summed E-state index contributed by atoms with van der Waals surface area (Å²) in [6.07, 6.45) is 4.93. The van der Waals surface area contributed by atoms with Crippen LogP contribution in [0.4, 0.5) is 0 Å². The zero-order valence-corrected chi connectivity index (χ0v) is 17.2. The van der Waals surface area contributed by atoms with Crippen molar-refractivity contribution in [1.29, 1.82) is 0 Å². The molecule has 0 aliphatic rings. The molecule has 2 heterocycles. The molecule has 0 fully saturated rings. The molecule has 0 saturated heterocycles. The van der Waals surface area contributed by atoms with Crippen molar-refractivity contribution in [1.82, 2.24) is 20.0 Å². The molecule has 0 atom stereocenters. The molecule has 0 radical (unpaired) electrons. The first-order chi connectivity index (χ1) is 14.8. The molecule has 2 N–H and O–H groups in total. The van der Waals surface area contributed by atoms with Crippen molar-refractivity contribution in [2.75, 3.05) is 20.1 Å². The summed E-state index contributed by atoms with van der Waals surface area (Å²) in [7, 11) is 1.81. The van der Waals surface area contributed by atoms with E-state index in [2.05, 4.69) is 87.5 Å². The van der Waals surface area contributed by atoms with E-state index in [0.29, 0.717) is 0 Å². The fourth-order valence-corrected chi connectivity index (χ4v) is 3.63. The summed E-state index contributed by atoms with van der Waals surface area (Å²) in [4.78, 5) is 9.04. The van der Waals surface area contributed by atoms with Gasteiger partial charge in [0, 0.05) is 44.9 Å². The second kappa shape index (κ2) is 9.74. The first kappa shape index (κ1) is 19.7. The number of guanidine groups is 1. The molecule has 0 aliphatic carbocycles. The van der Waals surface area contributed by atoms with Gasteiger partial charge in [-0.2, -0.15) is 0 Å². The number of aromatic nitrogens is 2. The second-order valence-electron chi connectivity index (χ2n) is 7.20. The van der Waals surface area contributed by atoms with E-state index < -0.39 is 0 Å². The molecule has 2 aromatic heterocycles. The van der Waals surface area contributed by atoms with Gasteiger partial charge in [0.15, 0.2) is 5.96 Å². The third-order valence-electron chi connectivity index (χ3n) is 5.19. The van der Waals surface area contributed by atoms with Gasteiger partial charge in [-0.1, -0.05) is 66.7 Å². The van der Waals surface area contributed by atoms with Gasteiger partial charge in [0.1, 0.15) is 5.65 Å². The van der Waals surface area contributed by atoms with Crippen LogP contribution in [-0.2, 0) is 6.42 Å². The molecular formula is C25H27N5. The van der Waals surface area contributed by atoms with E-state index in [-0.39, 0.29) is 5.92 Å². The molecule has 0 aliphatic heterocycles. The molecule has 0 saturated carbocycles. The highest BCUT2D eigenvalue weighted by atomic mass is 15.2. The predicted octanol–water partition coefficient (Wildman–Crippen LogP) is 3.87. The van der Waals surface area contributed by atoms with Crippen molar-refractivity contribution in [3.8, 4) is 0 Å². The highest BCUT2D eigenvalue weighted by molar-refractivity contribution is 5.79. The summed E-state index contributed by atoms with van der Waals surface area (Å²) >= 11 is 0. The SMILES string of the molecule is CN=C(NCCc1cn2ccccc2n1)NCC(c1ccccc1)c1ccccc1. The minimum Gasteiger partial charge on any atom is -0.356 e. The van der Waals surface area contributed by atoms with Gasteiger partial charge in [0.05, 0.1) is 5.69 Å². The van der Waals surface area contributed by atoms with Crippen LogP contribution in [0.25, 0.3) is 5.65 Å². The third kappa shape index (κ3) is 4.87. The smallest absolute Gasteiger partial charge is 0.191 e. The van der Waals surface area contributed by atoms with Crippen molar-refractivity contribution in [3.05, 3.63) is 108 Å². The average Bonchev–Trinajstić information content (AvgIpc) is 3.22. The molecule has 5 nitrogen and oxygen atoms in total. The monoisotopic (exact) mass is 397 g/mol. The molecule has 0 unspecified atom stereocenters. The first-order valence-electron chi connectivity index (χ1n) is 10.3. The maximum atomic E-state index is 4.65. The van der Waals surface area contributed by atoms with E-state index in [1.807, 2.05) is 28.8 Å². The van der Waals surface area contributed by atoms with Crippen molar-refractivity contribution >= 4 is 11.6 Å². The van der Waals surface area contributed by atoms with Gasteiger partial charge in [-0.05, 0) is 23.3 Å². The number of imidazole rings is 1.